The number of fused-ring (bicyclic) bond motifs is 3. The molecule has 0 unspecified atom stereocenters. The zero-order valence-corrected chi connectivity index (χ0v) is 20.5. The number of aryl methyl sites for hydroxylation is 2. The number of ether oxygens (including phenoxy) is 2. The number of carbonyl (C=O) groups excluding carboxylic acids is 1. The number of thiophene rings is 1. The van der Waals surface area contributed by atoms with Crippen molar-refractivity contribution in [2.75, 3.05) is 26.5 Å². The van der Waals surface area contributed by atoms with E-state index in [1.807, 2.05) is 18.2 Å². The van der Waals surface area contributed by atoms with Gasteiger partial charge in [0.15, 0.2) is 16.3 Å². The molecule has 1 aliphatic rings. The van der Waals surface area contributed by atoms with Gasteiger partial charge in [0.05, 0.1) is 20.0 Å². The molecule has 0 spiro atoms. The number of aromatic nitrogens is 2. The molecule has 7 nitrogen and oxygen atoms in total. The fraction of sp³-hybridized carbons (Fsp3) is 0.375. The highest BCUT2D eigenvalue weighted by Gasteiger charge is 2.27. The average Bonchev–Trinajstić information content (AvgIpc) is 3.40. The molecule has 0 atom stereocenters. The van der Waals surface area contributed by atoms with Gasteiger partial charge in [0.2, 0.25) is 5.91 Å². The molecule has 9 heteroatoms. The van der Waals surface area contributed by atoms with Crippen LogP contribution >= 0.6 is 23.1 Å². The highest BCUT2D eigenvalue weighted by Crippen LogP contribution is 2.34. The third-order valence-electron chi connectivity index (χ3n) is 5.68. The number of carbonyl (C=O) groups is 1. The van der Waals surface area contributed by atoms with Crippen molar-refractivity contribution in [1.82, 2.24) is 9.88 Å². The minimum absolute atomic E-state index is 0.000545. The van der Waals surface area contributed by atoms with Crippen molar-refractivity contribution in [1.29, 1.82) is 0 Å². The third-order valence-corrected chi connectivity index (χ3v) is 7.89. The zero-order chi connectivity index (χ0) is 23.4. The van der Waals surface area contributed by atoms with Crippen LogP contribution in [0.4, 0.5) is 0 Å². The third kappa shape index (κ3) is 4.94. The number of allylic oxidation sites excluding steroid dienone is 1. The molecule has 1 aromatic carbocycles. The average molecular weight is 487 g/mol. The number of hydrogen-bond acceptors (Lipinski definition) is 6. The van der Waals surface area contributed by atoms with Crippen LogP contribution in [0.15, 0.2) is 40.8 Å². The van der Waals surface area contributed by atoms with E-state index in [9.17, 15) is 9.59 Å². The van der Waals surface area contributed by atoms with E-state index in [1.165, 1.54) is 22.2 Å². The summed E-state index contributed by atoms with van der Waals surface area (Å²) in [6, 6.07) is 5.73. The summed E-state index contributed by atoms with van der Waals surface area (Å²) in [6.07, 6.45) is 5.49. The highest BCUT2D eigenvalue weighted by atomic mass is 32.2. The lowest BCUT2D eigenvalue weighted by Gasteiger charge is -2.10. The van der Waals surface area contributed by atoms with Gasteiger partial charge in [-0.1, -0.05) is 30.1 Å². The Labute approximate surface area is 200 Å². The van der Waals surface area contributed by atoms with E-state index in [1.54, 1.807) is 36.2 Å². The minimum atomic E-state index is -0.0831. The maximum atomic E-state index is 13.2. The Hall–Kier alpha value is -2.78. The summed E-state index contributed by atoms with van der Waals surface area (Å²) in [5.74, 6) is 1.48. The lowest BCUT2D eigenvalue weighted by atomic mass is 10.1. The van der Waals surface area contributed by atoms with Gasteiger partial charge >= 0.3 is 10.7 Å². The number of H-pyrrole nitrogens is 1. The number of nitrogens with zero attached hydrogens (tertiary/aromatic N) is 1. The summed E-state index contributed by atoms with van der Waals surface area (Å²) in [4.78, 5) is 31.3. The van der Waals surface area contributed by atoms with Crippen LogP contribution in [0, 0.1) is 0 Å². The second-order valence-corrected chi connectivity index (χ2v) is 9.84. The number of thioether (sulfide) groups is 1. The first-order valence-electron chi connectivity index (χ1n) is 10.9. The molecule has 33 heavy (non-hydrogen) atoms. The minimum Gasteiger partial charge on any atom is -0.493 e. The van der Waals surface area contributed by atoms with Gasteiger partial charge in [0.1, 0.15) is 11.9 Å². The molecular formula is C24H28N3O4S2+. The molecule has 0 fully saturated rings. The van der Waals surface area contributed by atoms with E-state index in [0.717, 1.165) is 35.0 Å². The van der Waals surface area contributed by atoms with Crippen LogP contribution in [0.1, 0.15) is 22.4 Å². The lowest BCUT2D eigenvalue weighted by molar-refractivity contribution is -0.404. The van der Waals surface area contributed by atoms with Gasteiger partial charge in [-0.2, -0.15) is 4.57 Å². The Bertz CT molecular complexity index is 1250. The zero-order valence-electron chi connectivity index (χ0n) is 18.9. The van der Waals surface area contributed by atoms with Gasteiger partial charge < -0.3 is 14.8 Å². The molecule has 0 radical (unpaired) electrons. The second-order valence-electron chi connectivity index (χ2n) is 7.77. The largest absolute Gasteiger partial charge is 0.493 e. The SMILES string of the molecule is C=CCn1c(SCC(=O)NCCc2ccc(OC)c(OC)c2)[nH+]c2sc3c(c2c1=O)CCC3. The van der Waals surface area contributed by atoms with Crippen molar-refractivity contribution in [3.63, 3.8) is 0 Å². The number of benzene rings is 1. The first-order valence-corrected chi connectivity index (χ1v) is 12.7. The number of aromatic amines is 1. The summed E-state index contributed by atoms with van der Waals surface area (Å²) >= 11 is 3.00. The maximum absolute atomic E-state index is 13.2. The predicted molar refractivity (Wildman–Crippen MR) is 132 cm³/mol. The summed E-state index contributed by atoms with van der Waals surface area (Å²) in [5.41, 5.74) is 2.24. The van der Waals surface area contributed by atoms with Gasteiger partial charge in [-0.15, -0.1) is 0 Å². The Balaban J connectivity index is 1.40. The molecule has 2 aromatic heterocycles. The van der Waals surface area contributed by atoms with Crippen molar-refractivity contribution >= 4 is 39.2 Å². The highest BCUT2D eigenvalue weighted by molar-refractivity contribution is 7.99. The van der Waals surface area contributed by atoms with Gasteiger partial charge in [-0.25, -0.2) is 9.78 Å². The normalized spacial score (nSPS) is 12.5. The fourth-order valence-corrected chi connectivity index (χ4v) is 6.29. The van der Waals surface area contributed by atoms with Gasteiger partial charge in [-0.3, -0.25) is 4.79 Å². The Morgan fingerprint density at radius 1 is 1.30 bits per heavy atom. The summed E-state index contributed by atoms with van der Waals surface area (Å²) < 4.78 is 12.3. The summed E-state index contributed by atoms with van der Waals surface area (Å²) in [7, 11) is 3.20. The van der Waals surface area contributed by atoms with Crippen molar-refractivity contribution < 1.29 is 19.3 Å². The van der Waals surface area contributed by atoms with Crippen molar-refractivity contribution in [3.05, 3.63) is 57.2 Å². The monoisotopic (exact) mass is 486 g/mol. The van der Waals surface area contributed by atoms with Crippen LogP contribution < -0.4 is 25.3 Å². The molecule has 1 amide bonds. The number of nitrogens with one attached hydrogen (secondary N) is 2. The lowest BCUT2D eigenvalue weighted by Crippen LogP contribution is -2.31. The van der Waals surface area contributed by atoms with Crippen LogP contribution in [0.25, 0.3) is 10.2 Å². The molecule has 2 N–H and O–H groups in total. The first kappa shape index (κ1) is 23.4. The summed E-state index contributed by atoms with van der Waals surface area (Å²) in [5, 5.41) is 4.44. The molecule has 0 saturated carbocycles. The van der Waals surface area contributed by atoms with Gasteiger partial charge in [0, 0.05) is 11.4 Å². The summed E-state index contributed by atoms with van der Waals surface area (Å²) in [6.45, 7) is 4.70. The van der Waals surface area contributed by atoms with Crippen molar-refractivity contribution in [3.8, 4) is 11.5 Å². The number of methoxy groups -OCH3 is 2. The Morgan fingerprint density at radius 3 is 2.88 bits per heavy atom. The van der Waals surface area contributed by atoms with Crippen LogP contribution in [0.3, 0.4) is 0 Å². The molecular weight excluding hydrogens is 458 g/mol. The van der Waals surface area contributed by atoms with E-state index in [-0.39, 0.29) is 17.2 Å². The standard InChI is InChI=1S/C24H27N3O4S2/c1-4-12-27-23(29)21-16-6-5-7-19(16)33-22(21)26-24(27)32-14-20(28)25-11-10-15-8-9-17(30-2)18(13-15)31-3/h4,8-9,13H,1,5-7,10-12,14H2,2-3H3,(H,25,28)/p+1. The molecule has 0 bridgehead atoms. The predicted octanol–water partition coefficient (Wildman–Crippen LogP) is 3.02. The quantitative estimate of drug-likeness (QED) is 0.271. The Morgan fingerprint density at radius 2 is 2.12 bits per heavy atom. The number of hydrogen-bond donors (Lipinski definition) is 1. The van der Waals surface area contributed by atoms with E-state index >= 15 is 0 Å². The molecule has 2 heterocycles. The smallest absolute Gasteiger partial charge is 0.347 e. The van der Waals surface area contributed by atoms with E-state index in [2.05, 4.69) is 16.9 Å². The maximum Gasteiger partial charge on any atom is 0.347 e. The van der Waals surface area contributed by atoms with Crippen LogP contribution in [0.5, 0.6) is 11.5 Å². The van der Waals surface area contributed by atoms with Crippen LogP contribution in [-0.2, 0) is 30.6 Å². The van der Waals surface area contributed by atoms with E-state index in [0.29, 0.717) is 36.2 Å². The van der Waals surface area contributed by atoms with Gasteiger partial charge in [0.25, 0.3) is 0 Å². The van der Waals surface area contributed by atoms with E-state index < -0.39 is 0 Å². The van der Waals surface area contributed by atoms with Crippen LogP contribution in [0.2, 0.25) is 0 Å². The number of amides is 1. The molecule has 0 saturated heterocycles. The fourth-order valence-electron chi connectivity index (χ4n) is 4.09. The van der Waals surface area contributed by atoms with E-state index in [4.69, 9.17) is 9.47 Å². The van der Waals surface area contributed by atoms with Crippen molar-refractivity contribution in [2.24, 2.45) is 0 Å². The molecule has 4 rings (SSSR count). The Kier molecular flexibility index (Phi) is 7.39. The molecule has 0 aliphatic heterocycles. The van der Waals surface area contributed by atoms with Crippen molar-refractivity contribution in [2.45, 2.75) is 37.4 Å². The number of rotatable bonds is 10. The first-order chi connectivity index (χ1) is 16.0. The molecule has 1 aliphatic carbocycles. The molecule has 3 aromatic rings. The van der Waals surface area contributed by atoms with Crippen LogP contribution in [-0.4, -0.2) is 37.0 Å². The second kappa shape index (κ2) is 10.4. The topological polar surface area (TPSA) is 83.7 Å². The van der Waals surface area contributed by atoms with Gasteiger partial charge in [-0.05, 0) is 60.7 Å². The molecule has 174 valence electrons.